The molecule has 5 rings (SSSR count). The molecule has 0 aliphatic carbocycles. The van der Waals surface area contributed by atoms with Crippen LogP contribution in [0.1, 0.15) is 53.1 Å². The van der Waals surface area contributed by atoms with Crippen LogP contribution >= 0.6 is 23.2 Å². The highest BCUT2D eigenvalue weighted by Gasteiger charge is 2.37. The number of methoxy groups -OCH3 is 2. The molecular weight excluding hydrogens is 547 g/mol. The van der Waals surface area contributed by atoms with E-state index in [0.717, 1.165) is 0 Å². The quantitative estimate of drug-likeness (QED) is 0.338. The predicted molar refractivity (Wildman–Crippen MR) is 146 cm³/mol. The molecule has 0 fully saturated rings. The number of nitrogens with zero attached hydrogens (tertiary/aromatic N) is 5. The SMILES string of the molecule is COc1ncc(-n2nc(C(=O)O)c(C3Nc4cc(Cl)c(=O)n(C)c4-c4cc(Cl)ccc43)c2C(C)C)c(OC)n1. The van der Waals surface area contributed by atoms with E-state index in [1.807, 2.05) is 19.9 Å². The zero-order chi connectivity index (χ0) is 28.2. The molecule has 2 N–H and O–H groups in total. The third-order valence-electron chi connectivity index (χ3n) is 6.57. The largest absolute Gasteiger partial charge is 0.479 e. The highest BCUT2D eigenvalue weighted by molar-refractivity contribution is 6.31. The normalized spacial score (nSPS) is 14.0. The third kappa shape index (κ3) is 4.27. The molecule has 13 heteroatoms. The maximum Gasteiger partial charge on any atom is 0.356 e. The molecule has 1 aromatic carbocycles. The fourth-order valence-electron chi connectivity index (χ4n) is 4.94. The Morgan fingerprint density at radius 2 is 1.92 bits per heavy atom. The Morgan fingerprint density at radius 3 is 2.56 bits per heavy atom. The maximum atomic E-state index is 12.7. The average Bonchev–Trinajstić information content (AvgIpc) is 3.31. The Morgan fingerprint density at radius 1 is 1.18 bits per heavy atom. The monoisotopic (exact) mass is 570 g/mol. The summed E-state index contributed by atoms with van der Waals surface area (Å²) in [5, 5.41) is 18.7. The Bertz CT molecular complexity index is 1700. The zero-order valence-corrected chi connectivity index (χ0v) is 23.1. The first kappa shape index (κ1) is 26.5. The number of hydrogen-bond donors (Lipinski definition) is 2. The van der Waals surface area contributed by atoms with Crippen molar-refractivity contribution in [1.29, 1.82) is 0 Å². The van der Waals surface area contributed by atoms with E-state index in [2.05, 4.69) is 20.4 Å². The lowest BCUT2D eigenvalue weighted by molar-refractivity contribution is 0.0688. The van der Waals surface area contributed by atoms with E-state index < -0.39 is 12.0 Å². The molecule has 39 heavy (non-hydrogen) atoms. The van der Waals surface area contributed by atoms with Gasteiger partial charge in [0.1, 0.15) is 10.7 Å². The number of carbonyl (C=O) groups is 1. The van der Waals surface area contributed by atoms with E-state index >= 15 is 0 Å². The summed E-state index contributed by atoms with van der Waals surface area (Å²) >= 11 is 12.6. The molecule has 0 saturated carbocycles. The van der Waals surface area contributed by atoms with E-state index in [1.54, 1.807) is 19.2 Å². The summed E-state index contributed by atoms with van der Waals surface area (Å²) in [7, 11) is 4.49. The van der Waals surface area contributed by atoms with Crippen LogP contribution in [0.5, 0.6) is 11.9 Å². The topological polar surface area (TPSA) is 133 Å². The fourth-order valence-corrected chi connectivity index (χ4v) is 5.35. The Balaban J connectivity index is 1.83. The first-order valence-electron chi connectivity index (χ1n) is 11.8. The summed E-state index contributed by atoms with van der Waals surface area (Å²) < 4.78 is 13.5. The average molecular weight is 571 g/mol. The molecule has 0 radical (unpaired) electrons. The van der Waals surface area contributed by atoms with Gasteiger partial charge in [0.15, 0.2) is 5.69 Å². The van der Waals surface area contributed by atoms with Gasteiger partial charge in [-0.15, -0.1) is 0 Å². The lowest BCUT2D eigenvalue weighted by atomic mass is 9.86. The second kappa shape index (κ2) is 9.90. The van der Waals surface area contributed by atoms with Gasteiger partial charge in [0, 0.05) is 23.2 Å². The van der Waals surface area contributed by atoms with Gasteiger partial charge in [0.05, 0.1) is 43.5 Å². The number of benzene rings is 1. The van der Waals surface area contributed by atoms with Crippen molar-refractivity contribution in [3.05, 3.63) is 73.4 Å². The summed E-state index contributed by atoms with van der Waals surface area (Å²) in [4.78, 5) is 33.7. The summed E-state index contributed by atoms with van der Waals surface area (Å²) in [6.45, 7) is 3.86. The number of carboxylic acid groups (broad SMARTS) is 1. The highest BCUT2D eigenvalue weighted by Crippen LogP contribution is 2.46. The number of fused-ring (bicyclic) bond motifs is 3. The summed E-state index contributed by atoms with van der Waals surface area (Å²) in [6.07, 6.45) is 1.46. The van der Waals surface area contributed by atoms with Crippen LogP contribution in [-0.4, -0.2) is 49.6 Å². The van der Waals surface area contributed by atoms with Crippen LogP contribution in [-0.2, 0) is 7.05 Å². The molecule has 202 valence electrons. The Kier molecular flexibility index (Phi) is 6.73. The molecular formula is C26H24Cl2N6O5. The van der Waals surface area contributed by atoms with Crippen molar-refractivity contribution >= 4 is 34.9 Å². The van der Waals surface area contributed by atoms with Crippen LogP contribution in [0.4, 0.5) is 5.69 Å². The summed E-state index contributed by atoms with van der Waals surface area (Å²) in [5.74, 6) is -1.26. The highest BCUT2D eigenvalue weighted by atomic mass is 35.5. The summed E-state index contributed by atoms with van der Waals surface area (Å²) in [5.41, 5.74) is 3.34. The number of nitrogens with one attached hydrogen (secondary N) is 1. The first-order valence-corrected chi connectivity index (χ1v) is 12.6. The van der Waals surface area contributed by atoms with Crippen LogP contribution in [0.3, 0.4) is 0 Å². The standard InChI is InChI=1S/C26H24Cl2N6O5/c1-11(2)21-18(20(25(36)37)32-34(21)17-10-29-26(39-5)31-23(17)38-4)19-13-7-6-12(27)8-14(13)22-16(30-19)9-15(28)24(35)33(22)3/h6-11,19,30H,1-5H3,(H,36,37). The number of aromatic nitrogens is 5. The zero-order valence-electron chi connectivity index (χ0n) is 21.6. The number of halogens is 2. The van der Waals surface area contributed by atoms with Crippen molar-refractivity contribution in [2.24, 2.45) is 7.05 Å². The minimum absolute atomic E-state index is 0.0198. The lowest BCUT2D eigenvalue weighted by Gasteiger charge is -2.32. The number of rotatable bonds is 6. The Labute approximate surface area is 232 Å². The van der Waals surface area contributed by atoms with Crippen LogP contribution in [0.25, 0.3) is 16.9 Å². The maximum absolute atomic E-state index is 12.7. The fraction of sp³-hybridized carbons (Fsp3) is 0.269. The van der Waals surface area contributed by atoms with Crippen molar-refractivity contribution in [3.63, 3.8) is 0 Å². The van der Waals surface area contributed by atoms with Gasteiger partial charge >= 0.3 is 12.0 Å². The second-order valence-corrected chi connectivity index (χ2v) is 10.0. The minimum atomic E-state index is -1.22. The molecule has 4 heterocycles. The number of pyridine rings is 1. The molecule has 1 aliphatic heterocycles. The first-order chi connectivity index (χ1) is 18.6. The van der Waals surface area contributed by atoms with Crippen LogP contribution in [0.15, 0.2) is 35.3 Å². The van der Waals surface area contributed by atoms with E-state index in [0.29, 0.717) is 44.5 Å². The molecule has 11 nitrogen and oxygen atoms in total. The van der Waals surface area contributed by atoms with E-state index in [9.17, 15) is 14.7 Å². The molecule has 0 bridgehead atoms. The van der Waals surface area contributed by atoms with Crippen molar-refractivity contribution < 1.29 is 19.4 Å². The molecule has 0 spiro atoms. The third-order valence-corrected chi connectivity index (χ3v) is 7.07. The van der Waals surface area contributed by atoms with Gasteiger partial charge in [-0.25, -0.2) is 14.5 Å². The van der Waals surface area contributed by atoms with Crippen molar-refractivity contribution in [2.45, 2.75) is 25.8 Å². The van der Waals surface area contributed by atoms with Crippen LogP contribution in [0, 0.1) is 0 Å². The Hall–Kier alpha value is -4.09. The van der Waals surface area contributed by atoms with Gasteiger partial charge in [-0.1, -0.05) is 43.1 Å². The molecule has 1 atom stereocenters. The van der Waals surface area contributed by atoms with E-state index in [-0.39, 0.29) is 34.1 Å². The van der Waals surface area contributed by atoms with Crippen molar-refractivity contribution in [2.75, 3.05) is 19.5 Å². The molecule has 0 saturated heterocycles. The van der Waals surface area contributed by atoms with Crippen molar-refractivity contribution in [3.8, 4) is 28.8 Å². The van der Waals surface area contributed by atoms with Gasteiger partial charge in [0.25, 0.3) is 5.56 Å². The summed E-state index contributed by atoms with van der Waals surface area (Å²) in [6, 6.07) is 6.22. The number of aromatic carboxylic acids is 1. The molecule has 1 unspecified atom stereocenters. The number of ether oxygens (including phenoxy) is 2. The van der Waals surface area contributed by atoms with Gasteiger partial charge in [-0.05, 0) is 29.7 Å². The smallest absolute Gasteiger partial charge is 0.356 e. The predicted octanol–water partition coefficient (Wildman–Crippen LogP) is 4.69. The van der Waals surface area contributed by atoms with E-state index in [1.165, 1.54) is 35.7 Å². The van der Waals surface area contributed by atoms with Crippen molar-refractivity contribution in [1.82, 2.24) is 24.3 Å². The minimum Gasteiger partial charge on any atom is -0.479 e. The molecule has 4 aromatic rings. The molecule has 3 aromatic heterocycles. The van der Waals surface area contributed by atoms with E-state index in [4.69, 9.17) is 32.7 Å². The van der Waals surface area contributed by atoms with Gasteiger partial charge in [-0.2, -0.15) is 10.1 Å². The van der Waals surface area contributed by atoms with Gasteiger partial charge in [-0.3, -0.25) is 4.79 Å². The van der Waals surface area contributed by atoms with Crippen LogP contribution in [0.2, 0.25) is 10.0 Å². The number of anilines is 1. The molecule has 0 amide bonds. The van der Waals surface area contributed by atoms with Crippen LogP contribution < -0.4 is 20.3 Å². The number of hydrogen-bond acceptors (Lipinski definition) is 8. The van der Waals surface area contributed by atoms with Gasteiger partial charge < -0.3 is 24.5 Å². The van der Waals surface area contributed by atoms with Gasteiger partial charge in [0.2, 0.25) is 5.88 Å². The molecule has 1 aliphatic rings. The number of carboxylic acids is 1. The second-order valence-electron chi connectivity index (χ2n) is 9.20. The lowest BCUT2D eigenvalue weighted by Crippen LogP contribution is -2.27.